The van der Waals surface area contributed by atoms with Crippen molar-refractivity contribution in [3.8, 4) is 0 Å². The Morgan fingerprint density at radius 2 is 1.93 bits per heavy atom. The molecule has 0 saturated carbocycles. The summed E-state index contributed by atoms with van der Waals surface area (Å²) in [4.78, 5) is 11.6. The Balaban J connectivity index is 2.29. The molecule has 0 aliphatic carbocycles. The number of carbonyl (C=O) groups excluding carboxylic acids is 1. The maximum Gasteiger partial charge on any atom is 0.219 e. The van der Waals surface area contributed by atoms with Gasteiger partial charge in [-0.2, -0.15) is 11.8 Å². The SMILES string of the molecule is CCSCCSC(=O)c1ccccc1. The third-order valence-corrected chi connectivity index (χ3v) is 3.74. The molecule has 0 N–H and O–H groups in total. The molecule has 0 spiro atoms. The number of benzene rings is 1. The van der Waals surface area contributed by atoms with E-state index in [0.29, 0.717) is 0 Å². The van der Waals surface area contributed by atoms with Crippen molar-refractivity contribution in [2.75, 3.05) is 17.3 Å². The van der Waals surface area contributed by atoms with Gasteiger partial charge in [0, 0.05) is 17.1 Å². The summed E-state index contributed by atoms with van der Waals surface area (Å²) in [6.45, 7) is 2.13. The van der Waals surface area contributed by atoms with Crippen molar-refractivity contribution in [2.45, 2.75) is 6.92 Å². The summed E-state index contributed by atoms with van der Waals surface area (Å²) in [6.07, 6.45) is 0. The van der Waals surface area contributed by atoms with Crippen LogP contribution in [0.3, 0.4) is 0 Å². The monoisotopic (exact) mass is 226 g/mol. The minimum atomic E-state index is 0.183. The molecule has 0 radical (unpaired) electrons. The first-order chi connectivity index (χ1) is 6.84. The van der Waals surface area contributed by atoms with Crippen LogP contribution in [0.2, 0.25) is 0 Å². The van der Waals surface area contributed by atoms with Crippen LogP contribution >= 0.6 is 23.5 Å². The van der Waals surface area contributed by atoms with Crippen LogP contribution in [0, 0.1) is 0 Å². The van der Waals surface area contributed by atoms with Gasteiger partial charge in [0.25, 0.3) is 0 Å². The predicted molar refractivity (Wildman–Crippen MR) is 66.2 cm³/mol. The summed E-state index contributed by atoms with van der Waals surface area (Å²) in [5, 5.41) is 0.183. The van der Waals surface area contributed by atoms with E-state index in [2.05, 4.69) is 6.92 Å². The Labute approximate surface area is 93.7 Å². The minimum Gasteiger partial charge on any atom is -0.282 e. The second kappa shape index (κ2) is 6.96. The lowest BCUT2D eigenvalue weighted by atomic mass is 10.2. The van der Waals surface area contributed by atoms with Gasteiger partial charge in [-0.25, -0.2) is 0 Å². The van der Waals surface area contributed by atoms with Crippen LogP contribution in [0.15, 0.2) is 30.3 Å². The van der Waals surface area contributed by atoms with Gasteiger partial charge in [0.05, 0.1) is 0 Å². The second-order valence-corrected chi connectivity index (χ2v) is 5.16. The summed E-state index contributed by atoms with van der Waals surface area (Å²) in [5.74, 6) is 3.09. The topological polar surface area (TPSA) is 17.1 Å². The van der Waals surface area contributed by atoms with Crippen LogP contribution in [0.1, 0.15) is 17.3 Å². The highest BCUT2D eigenvalue weighted by molar-refractivity contribution is 8.14. The molecule has 1 aromatic rings. The fraction of sp³-hybridized carbons (Fsp3) is 0.364. The molecule has 0 aromatic heterocycles. The molecule has 76 valence electrons. The van der Waals surface area contributed by atoms with E-state index in [1.807, 2.05) is 42.1 Å². The molecule has 1 rings (SSSR count). The van der Waals surface area contributed by atoms with Gasteiger partial charge in [0.1, 0.15) is 0 Å². The fourth-order valence-corrected chi connectivity index (χ4v) is 2.58. The summed E-state index contributed by atoms with van der Waals surface area (Å²) in [6, 6.07) is 9.45. The largest absolute Gasteiger partial charge is 0.282 e. The standard InChI is InChI=1S/C11H14OS2/c1-2-13-8-9-14-11(12)10-6-4-3-5-7-10/h3-7H,2,8-9H2,1H3. The lowest BCUT2D eigenvalue weighted by Gasteiger charge is -1.99. The molecule has 0 aliphatic heterocycles. The molecule has 3 heteroatoms. The molecule has 0 aliphatic rings. The lowest BCUT2D eigenvalue weighted by molar-refractivity contribution is 0.108. The van der Waals surface area contributed by atoms with Gasteiger partial charge in [-0.1, -0.05) is 49.0 Å². The summed E-state index contributed by atoms with van der Waals surface area (Å²) in [5.41, 5.74) is 0.805. The highest BCUT2D eigenvalue weighted by Gasteiger charge is 2.04. The zero-order chi connectivity index (χ0) is 10.2. The molecular weight excluding hydrogens is 212 g/mol. The Morgan fingerprint density at radius 1 is 1.21 bits per heavy atom. The Hall–Kier alpha value is -0.410. The first kappa shape index (κ1) is 11.7. The molecule has 0 unspecified atom stereocenters. The van der Waals surface area contributed by atoms with Gasteiger partial charge in [-0.05, 0) is 5.75 Å². The summed E-state index contributed by atoms with van der Waals surface area (Å²) >= 11 is 3.28. The van der Waals surface area contributed by atoms with E-state index in [0.717, 1.165) is 22.8 Å². The van der Waals surface area contributed by atoms with E-state index in [1.54, 1.807) is 0 Å². The van der Waals surface area contributed by atoms with Crippen molar-refractivity contribution in [3.05, 3.63) is 35.9 Å². The van der Waals surface area contributed by atoms with Crippen molar-refractivity contribution in [1.29, 1.82) is 0 Å². The first-order valence-electron chi connectivity index (χ1n) is 4.64. The van der Waals surface area contributed by atoms with Crippen molar-refractivity contribution < 1.29 is 4.79 Å². The zero-order valence-electron chi connectivity index (χ0n) is 8.23. The fourth-order valence-electron chi connectivity index (χ4n) is 0.995. The third-order valence-electron chi connectivity index (χ3n) is 1.67. The van der Waals surface area contributed by atoms with E-state index < -0.39 is 0 Å². The average Bonchev–Trinajstić information content (AvgIpc) is 2.25. The maximum absolute atomic E-state index is 11.6. The van der Waals surface area contributed by atoms with E-state index in [4.69, 9.17) is 0 Å². The molecular formula is C11H14OS2. The van der Waals surface area contributed by atoms with Gasteiger partial charge >= 0.3 is 0 Å². The second-order valence-electron chi connectivity index (χ2n) is 2.70. The van der Waals surface area contributed by atoms with E-state index in [-0.39, 0.29) is 5.12 Å². The molecule has 1 aromatic carbocycles. The minimum absolute atomic E-state index is 0.183. The molecule has 0 heterocycles. The molecule has 14 heavy (non-hydrogen) atoms. The average molecular weight is 226 g/mol. The van der Waals surface area contributed by atoms with Crippen LogP contribution < -0.4 is 0 Å². The van der Waals surface area contributed by atoms with E-state index >= 15 is 0 Å². The quantitative estimate of drug-likeness (QED) is 0.717. The number of rotatable bonds is 5. The van der Waals surface area contributed by atoms with E-state index in [9.17, 15) is 4.79 Å². The molecule has 0 saturated heterocycles. The van der Waals surface area contributed by atoms with Crippen molar-refractivity contribution in [1.82, 2.24) is 0 Å². The van der Waals surface area contributed by atoms with Crippen LogP contribution in [0.5, 0.6) is 0 Å². The normalized spacial score (nSPS) is 10.1. The molecule has 0 fully saturated rings. The van der Waals surface area contributed by atoms with Crippen molar-refractivity contribution in [3.63, 3.8) is 0 Å². The lowest BCUT2D eigenvalue weighted by Crippen LogP contribution is -1.95. The van der Waals surface area contributed by atoms with Crippen molar-refractivity contribution in [2.24, 2.45) is 0 Å². The number of hydrogen-bond acceptors (Lipinski definition) is 3. The van der Waals surface area contributed by atoms with Crippen molar-refractivity contribution >= 4 is 28.6 Å². The number of thioether (sulfide) groups is 2. The number of hydrogen-bond donors (Lipinski definition) is 0. The van der Waals surface area contributed by atoms with Crippen LogP contribution in [-0.4, -0.2) is 22.4 Å². The summed E-state index contributed by atoms with van der Waals surface area (Å²) < 4.78 is 0. The van der Waals surface area contributed by atoms with Gasteiger partial charge in [0.2, 0.25) is 5.12 Å². The van der Waals surface area contributed by atoms with Crippen LogP contribution in [-0.2, 0) is 0 Å². The van der Waals surface area contributed by atoms with Gasteiger partial charge < -0.3 is 0 Å². The smallest absolute Gasteiger partial charge is 0.219 e. The Bertz CT molecular complexity index is 272. The predicted octanol–water partition coefficient (Wildman–Crippen LogP) is 3.31. The maximum atomic E-state index is 11.6. The summed E-state index contributed by atoms with van der Waals surface area (Å²) in [7, 11) is 0. The molecule has 0 amide bonds. The third kappa shape index (κ3) is 4.20. The van der Waals surface area contributed by atoms with Gasteiger partial charge in [0.15, 0.2) is 0 Å². The molecule has 0 atom stereocenters. The van der Waals surface area contributed by atoms with E-state index in [1.165, 1.54) is 11.8 Å². The van der Waals surface area contributed by atoms with Gasteiger partial charge in [-0.15, -0.1) is 0 Å². The highest BCUT2D eigenvalue weighted by atomic mass is 32.2. The Kier molecular flexibility index (Phi) is 5.80. The molecule has 0 bridgehead atoms. The van der Waals surface area contributed by atoms with Crippen LogP contribution in [0.4, 0.5) is 0 Å². The highest BCUT2D eigenvalue weighted by Crippen LogP contribution is 2.13. The Morgan fingerprint density at radius 3 is 2.57 bits per heavy atom. The number of carbonyl (C=O) groups is 1. The first-order valence-corrected chi connectivity index (χ1v) is 6.78. The zero-order valence-corrected chi connectivity index (χ0v) is 9.87. The van der Waals surface area contributed by atoms with Gasteiger partial charge in [-0.3, -0.25) is 4.79 Å². The van der Waals surface area contributed by atoms with Crippen LogP contribution in [0.25, 0.3) is 0 Å². The molecule has 1 nitrogen and oxygen atoms in total.